The van der Waals surface area contributed by atoms with Crippen LogP contribution in [0.5, 0.6) is 0 Å². The lowest BCUT2D eigenvalue weighted by Crippen LogP contribution is -1.88. The second-order valence-corrected chi connectivity index (χ2v) is 8.08. The van der Waals surface area contributed by atoms with E-state index in [4.69, 9.17) is 46.4 Å². The second-order valence-electron chi connectivity index (χ2n) is 6.57. The average molecular weight is 448 g/mol. The van der Waals surface area contributed by atoms with E-state index in [1.165, 1.54) is 11.1 Å². The van der Waals surface area contributed by atoms with Crippen molar-refractivity contribution in [3.05, 3.63) is 102 Å². The quantitative estimate of drug-likeness (QED) is 0.276. The standard InChI is InChI=1S/C24H18Cl4/c1-15-3-7-17(8-4-15)11-13-19-21(25)23(27)20(24(28)22(19)26)14-12-18-9-5-16(2)6-10-18/h3-14H,1-2H3/b13-11+,14-12+. The van der Waals surface area contributed by atoms with Crippen molar-refractivity contribution in [3.8, 4) is 0 Å². The van der Waals surface area contributed by atoms with Crippen LogP contribution in [0.25, 0.3) is 24.3 Å². The molecule has 0 aliphatic carbocycles. The van der Waals surface area contributed by atoms with Gasteiger partial charge in [-0.15, -0.1) is 0 Å². The molecule has 142 valence electrons. The molecule has 0 atom stereocenters. The molecule has 0 heterocycles. The SMILES string of the molecule is Cc1ccc(/C=C/c2c(Cl)c(Cl)c(/C=C/c3ccc(C)cc3)c(Cl)c2Cl)cc1. The third-order valence-corrected chi connectivity index (χ3v) is 6.13. The molecule has 0 bridgehead atoms. The predicted molar refractivity (Wildman–Crippen MR) is 127 cm³/mol. The summed E-state index contributed by atoms with van der Waals surface area (Å²) in [6.45, 7) is 4.09. The first-order valence-electron chi connectivity index (χ1n) is 8.72. The fourth-order valence-electron chi connectivity index (χ4n) is 2.67. The van der Waals surface area contributed by atoms with Crippen molar-refractivity contribution >= 4 is 70.7 Å². The molecule has 0 saturated carbocycles. The second kappa shape index (κ2) is 9.20. The Balaban J connectivity index is 1.96. The minimum Gasteiger partial charge on any atom is -0.0820 e. The molecule has 0 saturated heterocycles. The third kappa shape index (κ3) is 4.82. The van der Waals surface area contributed by atoms with Crippen LogP contribution < -0.4 is 0 Å². The van der Waals surface area contributed by atoms with Crippen LogP contribution in [0.3, 0.4) is 0 Å². The summed E-state index contributed by atoms with van der Waals surface area (Å²) in [5.41, 5.74) is 5.67. The van der Waals surface area contributed by atoms with Gasteiger partial charge in [0.15, 0.2) is 0 Å². The highest BCUT2D eigenvalue weighted by atomic mass is 35.5. The Kier molecular flexibility index (Phi) is 6.91. The first-order chi connectivity index (χ1) is 13.4. The van der Waals surface area contributed by atoms with Gasteiger partial charge in [0.2, 0.25) is 0 Å². The lowest BCUT2D eigenvalue weighted by atomic mass is 10.1. The summed E-state index contributed by atoms with van der Waals surface area (Å²) in [7, 11) is 0. The first kappa shape index (κ1) is 21.0. The summed E-state index contributed by atoms with van der Waals surface area (Å²) < 4.78 is 0. The van der Waals surface area contributed by atoms with Crippen LogP contribution in [0, 0.1) is 13.8 Å². The van der Waals surface area contributed by atoms with E-state index in [-0.39, 0.29) is 0 Å². The normalized spacial score (nSPS) is 11.6. The molecule has 0 radical (unpaired) electrons. The highest BCUT2D eigenvalue weighted by molar-refractivity contribution is 6.50. The Morgan fingerprint density at radius 2 is 0.750 bits per heavy atom. The zero-order valence-corrected chi connectivity index (χ0v) is 18.5. The summed E-state index contributed by atoms with van der Waals surface area (Å²) in [6, 6.07) is 16.3. The van der Waals surface area contributed by atoms with Crippen molar-refractivity contribution in [2.75, 3.05) is 0 Å². The van der Waals surface area contributed by atoms with Gasteiger partial charge in [-0.1, -0.05) is 130 Å². The van der Waals surface area contributed by atoms with E-state index < -0.39 is 0 Å². The molecule has 3 rings (SSSR count). The maximum atomic E-state index is 6.51. The molecule has 4 heteroatoms. The largest absolute Gasteiger partial charge is 0.0820 e. The fourth-order valence-corrected chi connectivity index (χ4v) is 3.81. The highest BCUT2D eigenvalue weighted by Crippen LogP contribution is 2.42. The fraction of sp³-hybridized carbons (Fsp3) is 0.0833. The van der Waals surface area contributed by atoms with Gasteiger partial charge in [0.25, 0.3) is 0 Å². The highest BCUT2D eigenvalue weighted by Gasteiger charge is 2.17. The number of rotatable bonds is 4. The van der Waals surface area contributed by atoms with Gasteiger partial charge in [-0.25, -0.2) is 0 Å². The van der Waals surface area contributed by atoms with Crippen LogP contribution in [-0.2, 0) is 0 Å². The van der Waals surface area contributed by atoms with Gasteiger partial charge in [-0.2, -0.15) is 0 Å². The van der Waals surface area contributed by atoms with E-state index in [1.54, 1.807) is 0 Å². The molecule has 3 aromatic carbocycles. The monoisotopic (exact) mass is 446 g/mol. The number of benzene rings is 3. The number of hydrogen-bond donors (Lipinski definition) is 0. The minimum atomic E-state index is 0.378. The first-order valence-corrected chi connectivity index (χ1v) is 10.2. The van der Waals surface area contributed by atoms with Crippen molar-refractivity contribution in [3.63, 3.8) is 0 Å². The maximum absolute atomic E-state index is 6.51. The van der Waals surface area contributed by atoms with E-state index in [2.05, 4.69) is 0 Å². The molecule has 28 heavy (non-hydrogen) atoms. The lowest BCUT2D eigenvalue weighted by Gasteiger charge is -2.11. The minimum absolute atomic E-state index is 0.378. The molecular formula is C24H18Cl4. The molecule has 0 amide bonds. The van der Waals surface area contributed by atoms with Crippen molar-refractivity contribution in [1.29, 1.82) is 0 Å². The lowest BCUT2D eigenvalue weighted by molar-refractivity contribution is 1.46. The van der Waals surface area contributed by atoms with Gasteiger partial charge in [-0.3, -0.25) is 0 Å². The molecule has 0 fully saturated rings. The van der Waals surface area contributed by atoms with Gasteiger partial charge in [0, 0.05) is 11.1 Å². The van der Waals surface area contributed by atoms with Crippen molar-refractivity contribution in [1.82, 2.24) is 0 Å². The van der Waals surface area contributed by atoms with Gasteiger partial charge < -0.3 is 0 Å². The summed E-state index contributed by atoms with van der Waals surface area (Å²) in [5, 5.41) is 1.51. The maximum Gasteiger partial charge on any atom is 0.0686 e. The van der Waals surface area contributed by atoms with Crippen LogP contribution >= 0.6 is 46.4 Å². The van der Waals surface area contributed by atoms with Gasteiger partial charge in [0.05, 0.1) is 20.1 Å². The summed E-state index contributed by atoms with van der Waals surface area (Å²) in [4.78, 5) is 0. The number of hydrogen-bond acceptors (Lipinski definition) is 0. The molecule has 0 N–H and O–H groups in total. The third-order valence-electron chi connectivity index (χ3n) is 4.37. The molecule has 0 unspecified atom stereocenters. The van der Waals surface area contributed by atoms with Crippen LogP contribution in [-0.4, -0.2) is 0 Å². The average Bonchev–Trinajstić information content (AvgIpc) is 2.69. The Labute approximate surface area is 186 Å². The molecular weight excluding hydrogens is 430 g/mol. The van der Waals surface area contributed by atoms with E-state index in [9.17, 15) is 0 Å². The van der Waals surface area contributed by atoms with E-state index in [0.717, 1.165) is 11.1 Å². The Hall–Kier alpha value is -1.70. The Bertz CT molecular complexity index is 928. The number of halogens is 4. The Morgan fingerprint density at radius 1 is 0.464 bits per heavy atom. The van der Waals surface area contributed by atoms with Crippen molar-refractivity contribution in [2.45, 2.75) is 13.8 Å². The summed E-state index contributed by atoms with van der Waals surface area (Å²) in [5.74, 6) is 0. The van der Waals surface area contributed by atoms with Crippen molar-refractivity contribution < 1.29 is 0 Å². The molecule has 0 spiro atoms. The van der Waals surface area contributed by atoms with Crippen LogP contribution in [0.1, 0.15) is 33.4 Å². The van der Waals surface area contributed by atoms with Gasteiger partial charge in [0.1, 0.15) is 0 Å². The van der Waals surface area contributed by atoms with E-state index >= 15 is 0 Å². The van der Waals surface area contributed by atoms with Gasteiger partial charge >= 0.3 is 0 Å². The zero-order valence-electron chi connectivity index (χ0n) is 15.4. The van der Waals surface area contributed by atoms with E-state index in [0.29, 0.717) is 31.2 Å². The molecule has 3 aromatic rings. The topological polar surface area (TPSA) is 0 Å². The summed E-state index contributed by atoms with van der Waals surface area (Å²) >= 11 is 26.0. The van der Waals surface area contributed by atoms with Crippen LogP contribution in [0.4, 0.5) is 0 Å². The summed E-state index contributed by atoms with van der Waals surface area (Å²) in [6.07, 6.45) is 7.53. The zero-order chi connectivity index (χ0) is 20.3. The molecule has 0 nitrogen and oxygen atoms in total. The van der Waals surface area contributed by atoms with Crippen LogP contribution in [0.2, 0.25) is 20.1 Å². The van der Waals surface area contributed by atoms with E-state index in [1.807, 2.05) is 86.7 Å². The van der Waals surface area contributed by atoms with Crippen LogP contribution in [0.15, 0.2) is 48.5 Å². The Morgan fingerprint density at radius 3 is 1.04 bits per heavy atom. The van der Waals surface area contributed by atoms with Gasteiger partial charge in [-0.05, 0) is 25.0 Å². The molecule has 0 aliphatic heterocycles. The molecule has 0 aromatic heterocycles. The van der Waals surface area contributed by atoms with Crippen molar-refractivity contribution in [2.24, 2.45) is 0 Å². The number of aryl methyl sites for hydroxylation is 2. The predicted octanol–water partition coefficient (Wildman–Crippen LogP) is 9.26. The molecule has 0 aliphatic rings. The smallest absolute Gasteiger partial charge is 0.0686 e.